The molecular formula is C11H13NO4. The molecule has 0 spiro atoms. The quantitative estimate of drug-likeness (QED) is 0.777. The number of nitrogens with zero attached hydrogens (tertiary/aromatic N) is 1. The number of carboxylic acid groups (broad SMARTS) is 1. The van der Waals surface area contributed by atoms with Crippen molar-refractivity contribution in [2.24, 2.45) is 0 Å². The Bertz CT molecular complexity index is 435. The molecule has 1 aliphatic heterocycles. The third-order valence-electron chi connectivity index (χ3n) is 2.59. The molecule has 2 atom stereocenters. The van der Waals surface area contributed by atoms with Crippen LogP contribution >= 0.6 is 0 Å². The summed E-state index contributed by atoms with van der Waals surface area (Å²) in [6.07, 6.45) is 4.41. The van der Waals surface area contributed by atoms with Gasteiger partial charge in [-0.05, 0) is 20.3 Å². The third-order valence-corrected chi connectivity index (χ3v) is 2.59. The zero-order valence-corrected chi connectivity index (χ0v) is 9.14. The lowest BCUT2D eigenvalue weighted by atomic mass is 10.1. The number of aromatic nitrogens is 1. The molecule has 86 valence electrons. The molecule has 1 N–H and O–H groups in total. The molecule has 0 amide bonds. The van der Waals surface area contributed by atoms with Crippen LogP contribution in [0.1, 0.15) is 41.3 Å². The highest BCUT2D eigenvalue weighted by Crippen LogP contribution is 2.30. The second-order valence-electron chi connectivity index (χ2n) is 3.82. The Kier molecular flexibility index (Phi) is 2.78. The number of hydrogen-bond acceptors (Lipinski definition) is 4. The van der Waals surface area contributed by atoms with Gasteiger partial charge in [-0.2, -0.15) is 0 Å². The van der Waals surface area contributed by atoms with Gasteiger partial charge in [-0.1, -0.05) is 17.3 Å². The lowest BCUT2D eigenvalue weighted by molar-refractivity contribution is -0.00160. The number of aromatic carboxylic acids is 1. The van der Waals surface area contributed by atoms with Gasteiger partial charge in [0.1, 0.15) is 6.10 Å². The lowest BCUT2D eigenvalue weighted by Gasteiger charge is -2.21. The van der Waals surface area contributed by atoms with Gasteiger partial charge in [-0.15, -0.1) is 0 Å². The van der Waals surface area contributed by atoms with Gasteiger partial charge in [0.25, 0.3) is 0 Å². The third kappa shape index (κ3) is 1.86. The Morgan fingerprint density at radius 2 is 2.38 bits per heavy atom. The normalized spacial score (nSPS) is 24.6. The average Bonchev–Trinajstić information content (AvgIpc) is 2.60. The van der Waals surface area contributed by atoms with Crippen LogP contribution in [-0.2, 0) is 4.74 Å². The number of ether oxygens (including phenoxy) is 1. The standard InChI is InChI=1S/C11H13NO4/c1-6-4-3-5-8(15-6)10-7(2)9(11(13)14)12-16-10/h3-4,6,8H,5H2,1-2H3,(H,13,14)/t6-,8-/m1/s1. The summed E-state index contributed by atoms with van der Waals surface area (Å²) < 4.78 is 10.7. The summed E-state index contributed by atoms with van der Waals surface area (Å²) in [5.41, 5.74) is 0.501. The minimum Gasteiger partial charge on any atom is -0.476 e. The van der Waals surface area contributed by atoms with E-state index < -0.39 is 5.97 Å². The van der Waals surface area contributed by atoms with Gasteiger partial charge >= 0.3 is 5.97 Å². The van der Waals surface area contributed by atoms with E-state index in [0.717, 1.165) is 0 Å². The highest BCUT2D eigenvalue weighted by Gasteiger charge is 2.26. The summed E-state index contributed by atoms with van der Waals surface area (Å²) in [5.74, 6) is -0.569. The zero-order valence-electron chi connectivity index (χ0n) is 9.14. The van der Waals surface area contributed by atoms with Crippen molar-refractivity contribution in [1.29, 1.82) is 0 Å². The van der Waals surface area contributed by atoms with Gasteiger partial charge in [0.15, 0.2) is 11.5 Å². The van der Waals surface area contributed by atoms with Crippen molar-refractivity contribution >= 4 is 5.97 Å². The number of carbonyl (C=O) groups is 1. The van der Waals surface area contributed by atoms with Crippen molar-refractivity contribution in [1.82, 2.24) is 5.16 Å². The second-order valence-corrected chi connectivity index (χ2v) is 3.82. The average molecular weight is 223 g/mol. The first kappa shape index (κ1) is 10.9. The SMILES string of the molecule is Cc1c(C(=O)O)noc1[C@H]1CC=C[C@@H](C)O1. The predicted molar refractivity (Wildman–Crippen MR) is 55.2 cm³/mol. The van der Waals surface area contributed by atoms with E-state index >= 15 is 0 Å². The van der Waals surface area contributed by atoms with E-state index in [1.807, 2.05) is 19.1 Å². The van der Waals surface area contributed by atoms with Crippen molar-refractivity contribution in [3.8, 4) is 0 Å². The fourth-order valence-corrected chi connectivity index (χ4v) is 1.77. The monoisotopic (exact) mass is 223 g/mol. The number of hydrogen-bond donors (Lipinski definition) is 1. The summed E-state index contributed by atoms with van der Waals surface area (Å²) in [6, 6.07) is 0. The molecule has 1 aromatic rings. The van der Waals surface area contributed by atoms with Crippen LogP contribution in [0.15, 0.2) is 16.7 Å². The van der Waals surface area contributed by atoms with Crippen molar-refractivity contribution < 1.29 is 19.2 Å². The van der Waals surface area contributed by atoms with E-state index in [1.165, 1.54) is 0 Å². The van der Waals surface area contributed by atoms with Crippen LogP contribution < -0.4 is 0 Å². The van der Waals surface area contributed by atoms with Crippen LogP contribution in [0, 0.1) is 6.92 Å². The summed E-state index contributed by atoms with van der Waals surface area (Å²) in [5, 5.41) is 12.4. The largest absolute Gasteiger partial charge is 0.476 e. The van der Waals surface area contributed by atoms with Gasteiger partial charge < -0.3 is 14.4 Å². The molecule has 0 saturated carbocycles. The molecule has 0 aromatic carbocycles. The lowest BCUT2D eigenvalue weighted by Crippen LogP contribution is -2.15. The van der Waals surface area contributed by atoms with Crippen LogP contribution in [0.3, 0.4) is 0 Å². The van der Waals surface area contributed by atoms with Gasteiger partial charge in [0.2, 0.25) is 0 Å². The fourth-order valence-electron chi connectivity index (χ4n) is 1.77. The summed E-state index contributed by atoms with van der Waals surface area (Å²) >= 11 is 0. The predicted octanol–water partition coefficient (Wildman–Crippen LogP) is 2.09. The van der Waals surface area contributed by atoms with Crippen molar-refractivity contribution in [2.45, 2.75) is 32.5 Å². The van der Waals surface area contributed by atoms with Crippen LogP contribution in [0.4, 0.5) is 0 Å². The van der Waals surface area contributed by atoms with Gasteiger partial charge in [0, 0.05) is 5.56 Å². The first-order chi connectivity index (χ1) is 7.59. The highest BCUT2D eigenvalue weighted by molar-refractivity contribution is 5.87. The van der Waals surface area contributed by atoms with Gasteiger partial charge in [-0.25, -0.2) is 4.79 Å². The van der Waals surface area contributed by atoms with E-state index in [-0.39, 0.29) is 17.9 Å². The Morgan fingerprint density at radius 3 is 2.94 bits per heavy atom. The fraction of sp³-hybridized carbons (Fsp3) is 0.455. The molecular weight excluding hydrogens is 210 g/mol. The Labute approximate surface area is 92.7 Å². The molecule has 5 heteroatoms. The molecule has 2 rings (SSSR count). The minimum absolute atomic E-state index is 0.0107. The maximum atomic E-state index is 10.8. The van der Waals surface area contributed by atoms with E-state index in [9.17, 15) is 4.79 Å². The molecule has 0 bridgehead atoms. The first-order valence-electron chi connectivity index (χ1n) is 5.11. The van der Waals surface area contributed by atoms with E-state index in [4.69, 9.17) is 14.4 Å². The zero-order chi connectivity index (χ0) is 11.7. The summed E-state index contributed by atoms with van der Waals surface area (Å²) in [7, 11) is 0. The topological polar surface area (TPSA) is 72.6 Å². The van der Waals surface area contributed by atoms with Crippen LogP contribution in [0.25, 0.3) is 0 Å². The van der Waals surface area contributed by atoms with Crippen LogP contribution in [0.5, 0.6) is 0 Å². The van der Waals surface area contributed by atoms with Crippen molar-refractivity contribution in [3.63, 3.8) is 0 Å². The Morgan fingerprint density at radius 1 is 1.62 bits per heavy atom. The van der Waals surface area contributed by atoms with Crippen LogP contribution in [-0.4, -0.2) is 22.3 Å². The van der Waals surface area contributed by atoms with Crippen LogP contribution in [0.2, 0.25) is 0 Å². The molecule has 0 unspecified atom stereocenters. The maximum Gasteiger partial charge on any atom is 0.358 e. The number of rotatable bonds is 2. The summed E-state index contributed by atoms with van der Waals surface area (Å²) in [4.78, 5) is 10.8. The smallest absolute Gasteiger partial charge is 0.358 e. The molecule has 0 fully saturated rings. The van der Waals surface area contributed by atoms with Crippen molar-refractivity contribution in [2.75, 3.05) is 0 Å². The first-order valence-corrected chi connectivity index (χ1v) is 5.11. The van der Waals surface area contributed by atoms with E-state index in [2.05, 4.69) is 5.16 Å². The molecule has 5 nitrogen and oxygen atoms in total. The van der Waals surface area contributed by atoms with E-state index in [0.29, 0.717) is 17.7 Å². The van der Waals surface area contributed by atoms with Crippen molar-refractivity contribution in [3.05, 3.63) is 29.2 Å². The molecule has 0 radical (unpaired) electrons. The van der Waals surface area contributed by atoms with E-state index in [1.54, 1.807) is 6.92 Å². The molecule has 1 aromatic heterocycles. The molecule has 16 heavy (non-hydrogen) atoms. The minimum atomic E-state index is -1.08. The van der Waals surface area contributed by atoms with Gasteiger partial charge in [0.05, 0.1) is 6.10 Å². The molecule has 2 heterocycles. The van der Waals surface area contributed by atoms with Gasteiger partial charge in [-0.3, -0.25) is 0 Å². The second kappa shape index (κ2) is 4.09. The summed E-state index contributed by atoms with van der Waals surface area (Å²) in [6.45, 7) is 3.61. The number of carboxylic acids is 1. The Hall–Kier alpha value is -1.62. The maximum absolute atomic E-state index is 10.8. The molecule has 0 saturated heterocycles. The Balaban J connectivity index is 2.28. The molecule has 0 aliphatic carbocycles. The molecule has 1 aliphatic rings. The highest BCUT2D eigenvalue weighted by atomic mass is 16.5.